The van der Waals surface area contributed by atoms with Crippen molar-refractivity contribution < 1.29 is 4.74 Å². The van der Waals surface area contributed by atoms with Crippen LogP contribution in [0.1, 0.15) is 26.2 Å². The molecule has 1 aliphatic rings. The van der Waals surface area contributed by atoms with Crippen molar-refractivity contribution in [2.75, 3.05) is 5.88 Å². The predicted octanol–water partition coefficient (Wildman–Crippen LogP) is 2.74. The second-order valence-electron chi connectivity index (χ2n) is 2.86. The van der Waals surface area contributed by atoms with E-state index >= 15 is 0 Å². The molecule has 11 heavy (non-hydrogen) atoms. The van der Waals surface area contributed by atoms with Crippen LogP contribution in [-0.2, 0) is 4.74 Å². The van der Waals surface area contributed by atoms with Gasteiger partial charge in [0.25, 0.3) is 0 Å². The van der Waals surface area contributed by atoms with E-state index in [1.54, 1.807) is 0 Å². The first kappa shape index (κ1) is 9.08. The highest BCUT2D eigenvalue weighted by atomic mass is 35.5. The van der Waals surface area contributed by atoms with Gasteiger partial charge in [0, 0.05) is 5.88 Å². The molecule has 64 valence electrons. The highest BCUT2D eigenvalue weighted by Crippen LogP contribution is 2.27. The van der Waals surface area contributed by atoms with Gasteiger partial charge in [0.1, 0.15) is 6.10 Å². The van der Waals surface area contributed by atoms with Crippen molar-refractivity contribution in [3.8, 4) is 0 Å². The number of hydrogen-bond donors (Lipinski definition) is 0. The Morgan fingerprint density at radius 3 is 3.00 bits per heavy atom. The first-order chi connectivity index (χ1) is 5.38. The molecule has 1 fully saturated rings. The maximum absolute atomic E-state index is 5.48. The molecule has 0 aromatic rings. The smallest absolute Gasteiger partial charge is 0.102 e. The van der Waals surface area contributed by atoms with Gasteiger partial charge in [0.05, 0.1) is 6.10 Å². The van der Waals surface area contributed by atoms with Gasteiger partial charge in [0.2, 0.25) is 0 Å². The standard InChI is InChI=1S/C9H15ClO/c1-2-3-5-8-9(11-8)6-4-7-10/h4,6,8-9H,2-3,5,7H2,1H3/b6-4+/t8-,9-/m0/s1. The molecule has 0 unspecified atom stereocenters. The Labute approximate surface area is 73.4 Å². The van der Waals surface area contributed by atoms with E-state index in [2.05, 4.69) is 13.0 Å². The monoisotopic (exact) mass is 174 g/mol. The molecule has 0 saturated carbocycles. The van der Waals surface area contributed by atoms with Crippen LogP contribution in [-0.4, -0.2) is 18.1 Å². The normalized spacial score (nSPS) is 29.6. The summed E-state index contributed by atoms with van der Waals surface area (Å²) in [4.78, 5) is 0. The van der Waals surface area contributed by atoms with Crippen LogP contribution >= 0.6 is 11.6 Å². The van der Waals surface area contributed by atoms with Gasteiger partial charge in [-0.2, -0.15) is 0 Å². The maximum atomic E-state index is 5.48. The lowest BCUT2D eigenvalue weighted by atomic mass is 10.1. The van der Waals surface area contributed by atoms with Gasteiger partial charge in [-0.05, 0) is 6.42 Å². The van der Waals surface area contributed by atoms with E-state index in [-0.39, 0.29) is 0 Å². The molecule has 0 bridgehead atoms. The van der Waals surface area contributed by atoms with Gasteiger partial charge in [-0.3, -0.25) is 0 Å². The fraction of sp³-hybridized carbons (Fsp3) is 0.778. The average molecular weight is 175 g/mol. The molecule has 0 aliphatic carbocycles. The Morgan fingerprint density at radius 2 is 2.36 bits per heavy atom. The molecule has 1 nitrogen and oxygen atoms in total. The topological polar surface area (TPSA) is 12.5 Å². The van der Waals surface area contributed by atoms with E-state index in [0.29, 0.717) is 18.1 Å². The molecule has 0 radical (unpaired) electrons. The Morgan fingerprint density at radius 1 is 1.55 bits per heavy atom. The molecule has 0 aromatic heterocycles. The minimum Gasteiger partial charge on any atom is -0.365 e. The highest BCUT2D eigenvalue weighted by Gasteiger charge is 2.34. The summed E-state index contributed by atoms with van der Waals surface area (Å²) in [5, 5.41) is 0. The highest BCUT2D eigenvalue weighted by molar-refractivity contribution is 6.18. The molecule has 1 saturated heterocycles. The minimum atomic E-state index is 0.375. The fourth-order valence-corrected chi connectivity index (χ4v) is 1.25. The van der Waals surface area contributed by atoms with Crippen molar-refractivity contribution in [2.45, 2.75) is 38.4 Å². The van der Waals surface area contributed by atoms with Crippen molar-refractivity contribution in [1.82, 2.24) is 0 Å². The van der Waals surface area contributed by atoms with Crippen molar-refractivity contribution in [3.63, 3.8) is 0 Å². The van der Waals surface area contributed by atoms with E-state index in [1.165, 1.54) is 19.3 Å². The summed E-state index contributed by atoms with van der Waals surface area (Å²) in [6.45, 7) is 2.20. The van der Waals surface area contributed by atoms with Crippen LogP contribution in [0.15, 0.2) is 12.2 Å². The summed E-state index contributed by atoms with van der Waals surface area (Å²) < 4.78 is 5.38. The largest absolute Gasteiger partial charge is 0.365 e. The molecule has 0 aromatic carbocycles. The summed E-state index contributed by atoms with van der Waals surface area (Å²) in [5.41, 5.74) is 0. The number of hydrogen-bond acceptors (Lipinski definition) is 1. The van der Waals surface area contributed by atoms with E-state index in [0.717, 1.165) is 0 Å². The predicted molar refractivity (Wildman–Crippen MR) is 48.0 cm³/mol. The third kappa shape index (κ3) is 3.26. The van der Waals surface area contributed by atoms with Crippen molar-refractivity contribution in [3.05, 3.63) is 12.2 Å². The molecule has 1 heterocycles. The molecule has 0 spiro atoms. The summed E-state index contributed by atoms with van der Waals surface area (Å²) in [5.74, 6) is 0.598. The second kappa shape index (κ2) is 4.78. The number of halogens is 1. The average Bonchev–Trinajstić information content (AvgIpc) is 2.76. The molecular weight excluding hydrogens is 160 g/mol. The summed E-state index contributed by atoms with van der Waals surface area (Å²) in [6.07, 6.45) is 8.62. The number of ether oxygens (including phenoxy) is 1. The van der Waals surface area contributed by atoms with Gasteiger partial charge < -0.3 is 4.74 Å². The molecular formula is C9H15ClO. The van der Waals surface area contributed by atoms with Crippen LogP contribution in [0.2, 0.25) is 0 Å². The third-order valence-corrected chi connectivity index (χ3v) is 2.06. The van der Waals surface area contributed by atoms with E-state index < -0.39 is 0 Å². The van der Waals surface area contributed by atoms with Gasteiger partial charge in [-0.25, -0.2) is 0 Å². The zero-order chi connectivity index (χ0) is 8.10. The van der Waals surface area contributed by atoms with E-state index in [1.807, 2.05) is 6.08 Å². The Kier molecular flexibility index (Phi) is 3.95. The van der Waals surface area contributed by atoms with Crippen LogP contribution in [0.5, 0.6) is 0 Å². The first-order valence-electron chi connectivity index (χ1n) is 4.26. The quantitative estimate of drug-likeness (QED) is 0.355. The third-order valence-electron chi connectivity index (χ3n) is 1.88. The fourth-order valence-electron chi connectivity index (χ4n) is 1.15. The minimum absolute atomic E-state index is 0.375. The van der Waals surface area contributed by atoms with Crippen LogP contribution in [0.3, 0.4) is 0 Å². The number of epoxide rings is 1. The van der Waals surface area contributed by atoms with E-state index in [9.17, 15) is 0 Å². The lowest BCUT2D eigenvalue weighted by molar-refractivity contribution is 0.375. The summed E-state index contributed by atoms with van der Waals surface area (Å²) in [6, 6.07) is 0. The van der Waals surface area contributed by atoms with Crippen LogP contribution in [0.25, 0.3) is 0 Å². The summed E-state index contributed by atoms with van der Waals surface area (Å²) >= 11 is 5.48. The zero-order valence-electron chi connectivity index (χ0n) is 6.92. The van der Waals surface area contributed by atoms with Gasteiger partial charge in [-0.1, -0.05) is 31.9 Å². The van der Waals surface area contributed by atoms with Crippen molar-refractivity contribution in [2.24, 2.45) is 0 Å². The van der Waals surface area contributed by atoms with Gasteiger partial charge in [-0.15, -0.1) is 11.6 Å². The van der Waals surface area contributed by atoms with Gasteiger partial charge >= 0.3 is 0 Å². The number of allylic oxidation sites excluding steroid dienone is 1. The van der Waals surface area contributed by atoms with Gasteiger partial charge in [0.15, 0.2) is 0 Å². The van der Waals surface area contributed by atoms with Crippen LogP contribution < -0.4 is 0 Å². The Balaban J connectivity index is 2.02. The van der Waals surface area contributed by atoms with Crippen LogP contribution in [0, 0.1) is 0 Å². The molecule has 2 atom stereocenters. The summed E-state index contributed by atoms with van der Waals surface area (Å²) in [7, 11) is 0. The SMILES string of the molecule is CCCC[C@@H]1O[C@H]1/C=C/CCl. The Bertz CT molecular complexity index is 134. The lowest BCUT2D eigenvalue weighted by Gasteiger charge is -1.88. The van der Waals surface area contributed by atoms with Crippen LogP contribution in [0.4, 0.5) is 0 Å². The number of alkyl halides is 1. The number of rotatable bonds is 5. The molecule has 1 aliphatic heterocycles. The first-order valence-corrected chi connectivity index (χ1v) is 4.80. The van der Waals surface area contributed by atoms with E-state index in [4.69, 9.17) is 16.3 Å². The van der Waals surface area contributed by atoms with Crippen molar-refractivity contribution in [1.29, 1.82) is 0 Å². The maximum Gasteiger partial charge on any atom is 0.102 e. The zero-order valence-corrected chi connectivity index (χ0v) is 7.68. The van der Waals surface area contributed by atoms with Crippen molar-refractivity contribution >= 4 is 11.6 Å². The second-order valence-corrected chi connectivity index (χ2v) is 3.17. The molecule has 1 rings (SSSR count). The number of unbranched alkanes of at least 4 members (excludes halogenated alkanes) is 1. The Hall–Kier alpha value is -0.0100. The lowest BCUT2D eigenvalue weighted by Crippen LogP contribution is -1.89. The molecule has 0 amide bonds. The molecule has 0 N–H and O–H groups in total. The molecule has 2 heteroatoms.